The van der Waals surface area contributed by atoms with Gasteiger partial charge in [0.15, 0.2) is 0 Å². The molecule has 4 heteroatoms. The lowest BCUT2D eigenvalue weighted by Gasteiger charge is -2.26. The van der Waals surface area contributed by atoms with Crippen LogP contribution in [0, 0.1) is 0 Å². The molecule has 0 saturated carbocycles. The number of thioether (sulfide) groups is 1. The highest BCUT2D eigenvalue weighted by Gasteiger charge is 2.20. The Morgan fingerprint density at radius 1 is 1.44 bits per heavy atom. The molecule has 0 aliphatic rings. The fourth-order valence-electron chi connectivity index (χ4n) is 1.20. The van der Waals surface area contributed by atoms with Gasteiger partial charge in [0.05, 0.1) is 6.61 Å². The fourth-order valence-corrected chi connectivity index (χ4v) is 2.74. The molecule has 2 N–H and O–H groups in total. The van der Waals surface area contributed by atoms with E-state index >= 15 is 0 Å². The molecule has 0 saturated heterocycles. The highest BCUT2D eigenvalue weighted by Crippen LogP contribution is 2.22. The second-order valence-corrected chi connectivity index (χ2v) is 5.45. The number of hydrogen-bond acceptors (Lipinski definition) is 3. The van der Waals surface area contributed by atoms with Gasteiger partial charge in [0.1, 0.15) is 0 Å². The van der Waals surface area contributed by atoms with Crippen LogP contribution in [0.1, 0.15) is 12.5 Å². The molecule has 1 rings (SSSR count). The highest BCUT2D eigenvalue weighted by atomic mass is 35.5. The number of likely N-dealkylation sites (N-methyl/N-ethyl adjacent to an activating group) is 1. The highest BCUT2D eigenvalue weighted by molar-refractivity contribution is 7.98. The van der Waals surface area contributed by atoms with Gasteiger partial charge >= 0.3 is 0 Å². The second kappa shape index (κ2) is 6.50. The standard InChI is InChI=1S/C12H18ClNOS/c1-12(8-15,14-2)9-16-7-10-5-3-4-6-11(10)13/h3-6,14-15H,7-9H2,1-2H3. The molecule has 0 aromatic heterocycles. The van der Waals surface area contributed by atoms with Gasteiger partial charge in [0, 0.05) is 22.1 Å². The van der Waals surface area contributed by atoms with Gasteiger partial charge in [-0.25, -0.2) is 0 Å². The topological polar surface area (TPSA) is 32.3 Å². The van der Waals surface area contributed by atoms with Gasteiger partial charge in [0.2, 0.25) is 0 Å². The third-order valence-electron chi connectivity index (χ3n) is 2.59. The van der Waals surface area contributed by atoms with Crippen molar-refractivity contribution in [1.82, 2.24) is 5.32 Å². The normalized spacial score (nSPS) is 14.8. The Balaban J connectivity index is 2.44. The first-order valence-electron chi connectivity index (χ1n) is 5.22. The predicted octanol–water partition coefficient (Wildman–Crippen LogP) is 2.54. The summed E-state index contributed by atoms with van der Waals surface area (Å²) >= 11 is 7.83. The van der Waals surface area contributed by atoms with Crippen molar-refractivity contribution in [3.63, 3.8) is 0 Å². The predicted molar refractivity (Wildman–Crippen MR) is 72.2 cm³/mol. The maximum atomic E-state index is 9.24. The van der Waals surface area contributed by atoms with E-state index in [9.17, 15) is 5.11 Å². The van der Waals surface area contributed by atoms with Gasteiger partial charge in [-0.15, -0.1) is 0 Å². The number of nitrogens with one attached hydrogen (secondary N) is 1. The Labute approximate surface area is 106 Å². The molecule has 0 spiro atoms. The quantitative estimate of drug-likeness (QED) is 0.824. The van der Waals surface area contributed by atoms with Crippen LogP contribution in [-0.2, 0) is 5.75 Å². The van der Waals surface area contributed by atoms with E-state index in [0.717, 1.165) is 22.1 Å². The molecule has 0 aliphatic heterocycles. The van der Waals surface area contributed by atoms with Crippen molar-refractivity contribution in [2.24, 2.45) is 0 Å². The number of hydrogen-bond donors (Lipinski definition) is 2. The van der Waals surface area contributed by atoms with Crippen molar-refractivity contribution in [1.29, 1.82) is 0 Å². The summed E-state index contributed by atoms with van der Waals surface area (Å²) in [7, 11) is 1.87. The number of benzene rings is 1. The summed E-state index contributed by atoms with van der Waals surface area (Å²) in [4.78, 5) is 0. The van der Waals surface area contributed by atoms with Crippen molar-refractivity contribution < 1.29 is 5.11 Å². The van der Waals surface area contributed by atoms with Crippen LogP contribution in [0.15, 0.2) is 24.3 Å². The first-order valence-corrected chi connectivity index (χ1v) is 6.75. The van der Waals surface area contributed by atoms with Crippen molar-refractivity contribution in [3.8, 4) is 0 Å². The Morgan fingerprint density at radius 2 is 2.12 bits per heavy atom. The summed E-state index contributed by atoms with van der Waals surface area (Å²) < 4.78 is 0. The van der Waals surface area contributed by atoms with E-state index in [4.69, 9.17) is 11.6 Å². The van der Waals surface area contributed by atoms with Crippen molar-refractivity contribution in [2.75, 3.05) is 19.4 Å². The number of aliphatic hydroxyl groups excluding tert-OH is 1. The Morgan fingerprint density at radius 3 is 2.69 bits per heavy atom. The summed E-state index contributed by atoms with van der Waals surface area (Å²) in [6, 6.07) is 7.86. The second-order valence-electron chi connectivity index (χ2n) is 4.05. The van der Waals surface area contributed by atoms with E-state index in [-0.39, 0.29) is 12.1 Å². The van der Waals surface area contributed by atoms with E-state index in [1.54, 1.807) is 11.8 Å². The van der Waals surface area contributed by atoms with Gasteiger partial charge in [-0.1, -0.05) is 29.8 Å². The molecule has 0 aliphatic carbocycles. The minimum atomic E-state index is -0.216. The average Bonchev–Trinajstić information content (AvgIpc) is 2.31. The average molecular weight is 260 g/mol. The lowest BCUT2D eigenvalue weighted by atomic mass is 10.1. The smallest absolute Gasteiger partial charge is 0.0618 e. The first kappa shape index (κ1) is 13.8. The van der Waals surface area contributed by atoms with E-state index < -0.39 is 0 Å². The van der Waals surface area contributed by atoms with Crippen LogP contribution in [-0.4, -0.2) is 30.1 Å². The maximum absolute atomic E-state index is 9.24. The minimum absolute atomic E-state index is 0.138. The molecule has 16 heavy (non-hydrogen) atoms. The molecule has 0 amide bonds. The third-order valence-corrected chi connectivity index (χ3v) is 4.31. The van der Waals surface area contributed by atoms with E-state index in [0.29, 0.717) is 0 Å². The monoisotopic (exact) mass is 259 g/mol. The lowest BCUT2D eigenvalue weighted by molar-refractivity contribution is 0.200. The molecule has 1 atom stereocenters. The summed E-state index contributed by atoms with van der Waals surface area (Å²) in [5.74, 6) is 1.72. The van der Waals surface area contributed by atoms with Gasteiger partial charge < -0.3 is 10.4 Å². The van der Waals surface area contributed by atoms with Crippen LogP contribution >= 0.6 is 23.4 Å². The lowest BCUT2D eigenvalue weighted by Crippen LogP contribution is -2.45. The van der Waals surface area contributed by atoms with Crippen LogP contribution < -0.4 is 5.32 Å². The molecule has 1 unspecified atom stereocenters. The maximum Gasteiger partial charge on any atom is 0.0618 e. The third kappa shape index (κ3) is 3.98. The summed E-state index contributed by atoms with van der Waals surface area (Å²) in [5, 5.41) is 13.2. The molecule has 1 aromatic rings. The SMILES string of the molecule is CNC(C)(CO)CSCc1ccccc1Cl. The van der Waals surface area contributed by atoms with Crippen LogP contribution in [0.3, 0.4) is 0 Å². The molecule has 0 heterocycles. The van der Waals surface area contributed by atoms with E-state index in [1.165, 1.54) is 0 Å². The first-order chi connectivity index (χ1) is 7.61. The van der Waals surface area contributed by atoms with Crippen molar-refractivity contribution in [3.05, 3.63) is 34.9 Å². The summed E-state index contributed by atoms with van der Waals surface area (Å²) in [6.07, 6.45) is 0. The number of rotatable bonds is 6. The van der Waals surface area contributed by atoms with E-state index in [1.807, 2.05) is 38.2 Å². The Bertz CT molecular complexity index is 329. The Kier molecular flexibility index (Phi) is 5.62. The summed E-state index contributed by atoms with van der Waals surface area (Å²) in [5.41, 5.74) is 0.928. The largest absolute Gasteiger partial charge is 0.394 e. The van der Waals surface area contributed by atoms with Crippen LogP contribution in [0.5, 0.6) is 0 Å². The number of aliphatic hydroxyl groups is 1. The van der Waals surface area contributed by atoms with E-state index in [2.05, 4.69) is 5.32 Å². The fraction of sp³-hybridized carbons (Fsp3) is 0.500. The zero-order valence-corrected chi connectivity index (χ0v) is 11.2. The van der Waals surface area contributed by atoms with Crippen molar-refractivity contribution in [2.45, 2.75) is 18.2 Å². The molecule has 90 valence electrons. The summed E-state index contributed by atoms with van der Waals surface area (Å²) in [6.45, 7) is 2.14. The van der Waals surface area contributed by atoms with Gasteiger partial charge in [-0.3, -0.25) is 0 Å². The molecule has 0 fully saturated rings. The van der Waals surface area contributed by atoms with Gasteiger partial charge in [-0.05, 0) is 25.6 Å². The molecular formula is C12H18ClNOS. The van der Waals surface area contributed by atoms with Crippen molar-refractivity contribution >= 4 is 23.4 Å². The molecule has 2 nitrogen and oxygen atoms in total. The zero-order valence-electron chi connectivity index (χ0n) is 9.66. The molecule has 1 aromatic carbocycles. The van der Waals surface area contributed by atoms with Gasteiger partial charge in [0.25, 0.3) is 0 Å². The minimum Gasteiger partial charge on any atom is -0.394 e. The van der Waals surface area contributed by atoms with Crippen LogP contribution in [0.25, 0.3) is 0 Å². The Hall–Kier alpha value is -0.220. The van der Waals surface area contributed by atoms with Crippen LogP contribution in [0.4, 0.5) is 0 Å². The molecular weight excluding hydrogens is 242 g/mol. The number of halogens is 1. The zero-order chi connectivity index (χ0) is 12.0. The molecule has 0 bridgehead atoms. The molecule has 0 radical (unpaired) electrons. The van der Waals surface area contributed by atoms with Crippen LogP contribution in [0.2, 0.25) is 5.02 Å². The van der Waals surface area contributed by atoms with Gasteiger partial charge in [-0.2, -0.15) is 11.8 Å².